The van der Waals surface area contributed by atoms with Gasteiger partial charge >= 0.3 is 5.97 Å². The van der Waals surface area contributed by atoms with Gasteiger partial charge in [-0.15, -0.1) is 0 Å². The molecule has 112 valence electrons. The van der Waals surface area contributed by atoms with E-state index in [4.69, 9.17) is 4.74 Å². The van der Waals surface area contributed by atoms with Crippen LogP contribution in [0, 0.1) is 24.7 Å². The van der Waals surface area contributed by atoms with Crippen LogP contribution in [0.1, 0.15) is 41.6 Å². The lowest BCUT2D eigenvalue weighted by Crippen LogP contribution is -2.27. The Morgan fingerprint density at radius 3 is 2.67 bits per heavy atom. The molecule has 0 saturated heterocycles. The highest BCUT2D eigenvalue weighted by atomic mass is 16.5. The summed E-state index contributed by atoms with van der Waals surface area (Å²) < 4.78 is 4.77. The maximum absolute atomic E-state index is 12.5. The Bertz CT molecular complexity index is 581. The first-order chi connectivity index (χ1) is 10.1. The predicted octanol–water partition coefficient (Wildman–Crippen LogP) is 3.16. The van der Waals surface area contributed by atoms with Crippen molar-refractivity contribution >= 4 is 17.6 Å². The van der Waals surface area contributed by atoms with Crippen LogP contribution in [0.4, 0.5) is 5.69 Å². The zero-order chi connectivity index (χ0) is 15.0. The summed E-state index contributed by atoms with van der Waals surface area (Å²) in [6.45, 7) is 1.84. The van der Waals surface area contributed by atoms with E-state index in [9.17, 15) is 9.59 Å². The second-order valence-electron chi connectivity index (χ2n) is 6.24. The zero-order valence-electron chi connectivity index (χ0n) is 12.5. The summed E-state index contributed by atoms with van der Waals surface area (Å²) in [7, 11) is 1.36. The van der Waals surface area contributed by atoms with E-state index in [0.717, 1.165) is 17.9 Å². The number of carbonyl (C=O) groups excluding carboxylic acids is 2. The van der Waals surface area contributed by atoms with Gasteiger partial charge in [0.15, 0.2) is 0 Å². The van der Waals surface area contributed by atoms with Crippen molar-refractivity contribution in [2.75, 3.05) is 12.4 Å². The number of ether oxygens (including phenoxy) is 1. The molecule has 3 rings (SSSR count). The molecule has 1 N–H and O–H groups in total. The summed E-state index contributed by atoms with van der Waals surface area (Å²) in [5, 5.41) is 3.01. The molecule has 2 fully saturated rings. The number of rotatable bonds is 3. The SMILES string of the molecule is COC(=O)c1cccc(NC(=O)C2CC3CCC2C3)c1C. The molecule has 1 amide bonds. The van der Waals surface area contributed by atoms with Gasteiger partial charge in [-0.25, -0.2) is 4.79 Å². The quantitative estimate of drug-likeness (QED) is 0.869. The van der Waals surface area contributed by atoms with Gasteiger partial charge in [0.05, 0.1) is 12.7 Å². The van der Waals surface area contributed by atoms with Gasteiger partial charge in [-0.05, 0) is 55.7 Å². The van der Waals surface area contributed by atoms with Gasteiger partial charge in [-0.3, -0.25) is 4.79 Å². The van der Waals surface area contributed by atoms with Crippen LogP contribution < -0.4 is 5.32 Å². The molecule has 0 radical (unpaired) electrons. The van der Waals surface area contributed by atoms with Crippen LogP contribution in [-0.2, 0) is 9.53 Å². The monoisotopic (exact) mass is 287 g/mol. The van der Waals surface area contributed by atoms with Crippen molar-refractivity contribution < 1.29 is 14.3 Å². The van der Waals surface area contributed by atoms with Gasteiger partial charge in [0.2, 0.25) is 5.91 Å². The van der Waals surface area contributed by atoms with Crippen LogP contribution in [0.5, 0.6) is 0 Å². The van der Waals surface area contributed by atoms with Crippen molar-refractivity contribution in [3.8, 4) is 0 Å². The topological polar surface area (TPSA) is 55.4 Å². The first kappa shape index (κ1) is 14.1. The molecule has 0 aromatic heterocycles. The van der Waals surface area contributed by atoms with Crippen LogP contribution >= 0.6 is 0 Å². The summed E-state index contributed by atoms with van der Waals surface area (Å²) in [5.41, 5.74) is 1.98. The summed E-state index contributed by atoms with van der Waals surface area (Å²) in [6, 6.07) is 5.33. The normalized spacial score (nSPS) is 26.7. The average Bonchev–Trinajstić information content (AvgIpc) is 3.11. The number of hydrogen-bond acceptors (Lipinski definition) is 3. The minimum Gasteiger partial charge on any atom is -0.465 e. The molecule has 3 atom stereocenters. The number of nitrogens with one attached hydrogen (secondary N) is 1. The van der Waals surface area contributed by atoms with Crippen LogP contribution in [0.2, 0.25) is 0 Å². The van der Waals surface area contributed by atoms with Crippen molar-refractivity contribution in [1.82, 2.24) is 0 Å². The molecule has 4 heteroatoms. The second-order valence-corrected chi connectivity index (χ2v) is 6.24. The van der Waals surface area contributed by atoms with E-state index in [1.807, 2.05) is 13.0 Å². The maximum Gasteiger partial charge on any atom is 0.338 e. The summed E-state index contributed by atoms with van der Waals surface area (Å²) >= 11 is 0. The highest BCUT2D eigenvalue weighted by Crippen LogP contribution is 2.48. The third-order valence-corrected chi connectivity index (χ3v) is 5.07. The number of carbonyl (C=O) groups is 2. The number of methoxy groups -OCH3 is 1. The number of hydrogen-bond donors (Lipinski definition) is 1. The Balaban J connectivity index is 1.76. The fraction of sp³-hybridized carbons (Fsp3) is 0.529. The van der Waals surface area contributed by atoms with Gasteiger partial charge in [-0.1, -0.05) is 12.5 Å². The van der Waals surface area contributed by atoms with E-state index in [1.165, 1.54) is 26.4 Å². The molecule has 0 heterocycles. The highest BCUT2D eigenvalue weighted by molar-refractivity contribution is 5.97. The predicted molar refractivity (Wildman–Crippen MR) is 80.1 cm³/mol. The number of fused-ring (bicyclic) bond motifs is 2. The van der Waals surface area contributed by atoms with Crippen LogP contribution in [0.3, 0.4) is 0 Å². The van der Waals surface area contributed by atoms with Crippen LogP contribution in [0.25, 0.3) is 0 Å². The van der Waals surface area contributed by atoms with E-state index in [2.05, 4.69) is 5.32 Å². The van der Waals surface area contributed by atoms with Gasteiger partial charge in [0.25, 0.3) is 0 Å². The Morgan fingerprint density at radius 1 is 1.24 bits per heavy atom. The molecule has 2 aliphatic carbocycles. The fourth-order valence-electron chi connectivity index (χ4n) is 3.89. The number of benzene rings is 1. The van der Waals surface area contributed by atoms with Gasteiger partial charge in [-0.2, -0.15) is 0 Å². The number of anilines is 1. The van der Waals surface area contributed by atoms with Gasteiger partial charge in [0, 0.05) is 11.6 Å². The molecule has 2 aliphatic rings. The van der Waals surface area contributed by atoms with Crippen molar-refractivity contribution in [3.05, 3.63) is 29.3 Å². The average molecular weight is 287 g/mol. The van der Waals surface area contributed by atoms with Crippen molar-refractivity contribution in [2.45, 2.75) is 32.6 Å². The molecule has 1 aromatic carbocycles. The lowest BCUT2D eigenvalue weighted by Gasteiger charge is -2.21. The molecule has 0 spiro atoms. The van der Waals surface area contributed by atoms with Crippen molar-refractivity contribution in [1.29, 1.82) is 0 Å². The standard InChI is InChI=1S/C17H21NO3/c1-10-13(17(20)21-2)4-3-5-15(10)18-16(19)14-9-11-6-7-12(14)8-11/h3-5,11-12,14H,6-9H2,1-2H3,(H,18,19). The number of esters is 1. The van der Waals surface area contributed by atoms with Gasteiger partial charge in [0.1, 0.15) is 0 Å². The lowest BCUT2D eigenvalue weighted by molar-refractivity contribution is -0.121. The molecular formula is C17H21NO3. The Morgan fingerprint density at radius 2 is 2.05 bits per heavy atom. The largest absolute Gasteiger partial charge is 0.465 e. The Kier molecular flexibility index (Phi) is 3.70. The van der Waals surface area contributed by atoms with E-state index in [1.54, 1.807) is 12.1 Å². The molecule has 21 heavy (non-hydrogen) atoms. The summed E-state index contributed by atoms with van der Waals surface area (Å²) in [4.78, 5) is 24.2. The minimum atomic E-state index is -0.372. The van der Waals surface area contributed by atoms with Gasteiger partial charge < -0.3 is 10.1 Å². The van der Waals surface area contributed by atoms with E-state index >= 15 is 0 Å². The van der Waals surface area contributed by atoms with Crippen LogP contribution in [0.15, 0.2) is 18.2 Å². The lowest BCUT2D eigenvalue weighted by atomic mass is 9.88. The Hall–Kier alpha value is -1.84. The zero-order valence-corrected chi connectivity index (χ0v) is 12.5. The molecular weight excluding hydrogens is 266 g/mol. The maximum atomic E-state index is 12.5. The Labute approximate surface area is 124 Å². The van der Waals surface area contributed by atoms with E-state index in [0.29, 0.717) is 17.2 Å². The smallest absolute Gasteiger partial charge is 0.338 e. The summed E-state index contributed by atoms with van der Waals surface area (Å²) in [5.74, 6) is 1.17. The third kappa shape index (κ3) is 2.55. The molecule has 0 aliphatic heterocycles. The van der Waals surface area contributed by atoms with Crippen molar-refractivity contribution in [2.24, 2.45) is 17.8 Å². The first-order valence-corrected chi connectivity index (χ1v) is 7.59. The molecule has 4 nitrogen and oxygen atoms in total. The number of amides is 1. The molecule has 3 unspecified atom stereocenters. The first-order valence-electron chi connectivity index (χ1n) is 7.59. The summed E-state index contributed by atoms with van der Waals surface area (Å²) in [6.07, 6.45) is 4.70. The third-order valence-electron chi connectivity index (χ3n) is 5.07. The van der Waals surface area contributed by atoms with E-state index < -0.39 is 0 Å². The second kappa shape index (κ2) is 5.51. The fourth-order valence-corrected chi connectivity index (χ4v) is 3.89. The highest BCUT2D eigenvalue weighted by Gasteiger charge is 2.43. The molecule has 2 saturated carbocycles. The minimum absolute atomic E-state index is 0.104. The molecule has 2 bridgehead atoms. The molecule has 1 aromatic rings. The van der Waals surface area contributed by atoms with E-state index in [-0.39, 0.29) is 17.8 Å². The van der Waals surface area contributed by atoms with Crippen LogP contribution in [-0.4, -0.2) is 19.0 Å². The van der Waals surface area contributed by atoms with Crippen molar-refractivity contribution in [3.63, 3.8) is 0 Å².